The van der Waals surface area contributed by atoms with Crippen molar-refractivity contribution in [3.05, 3.63) is 22.4 Å². The second-order valence-corrected chi connectivity index (χ2v) is 5.97. The molecule has 0 aromatic carbocycles. The summed E-state index contributed by atoms with van der Waals surface area (Å²) in [6, 6.07) is 1.86. The van der Waals surface area contributed by atoms with Gasteiger partial charge in [0.2, 0.25) is 0 Å². The maximum absolute atomic E-state index is 12.4. The zero-order chi connectivity index (χ0) is 13.5. The fraction of sp³-hybridized carbons (Fsp3) is 0.615. The molecule has 3 heterocycles. The summed E-state index contributed by atoms with van der Waals surface area (Å²) in [4.78, 5) is 14.3. The fourth-order valence-electron chi connectivity index (χ4n) is 2.74. The Morgan fingerprint density at radius 3 is 2.47 bits per heavy atom. The third-order valence-electron chi connectivity index (χ3n) is 3.82. The van der Waals surface area contributed by atoms with E-state index in [1.807, 2.05) is 28.8 Å². The standard InChI is InChI=1S/C13H17BrN2O3/c1-15-9-10(14)8-11(15)12(17)16-4-2-13(3-5-16)18-6-7-19-13/h8-9H,2-7H2,1H3. The minimum atomic E-state index is -0.425. The van der Waals surface area contributed by atoms with Gasteiger partial charge in [-0.2, -0.15) is 0 Å². The highest BCUT2D eigenvalue weighted by Crippen LogP contribution is 2.31. The summed E-state index contributed by atoms with van der Waals surface area (Å²) < 4.78 is 14.1. The topological polar surface area (TPSA) is 43.7 Å². The van der Waals surface area contributed by atoms with Crippen molar-refractivity contribution in [2.75, 3.05) is 26.3 Å². The number of hydrogen-bond acceptors (Lipinski definition) is 3. The molecule has 2 aliphatic rings. The molecule has 1 aromatic heterocycles. The molecule has 104 valence electrons. The lowest BCUT2D eigenvalue weighted by Crippen LogP contribution is -2.47. The lowest BCUT2D eigenvalue weighted by Gasteiger charge is -2.37. The Balaban J connectivity index is 1.68. The average Bonchev–Trinajstić information content (AvgIpc) is 2.97. The van der Waals surface area contributed by atoms with Crippen molar-refractivity contribution >= 4 is 21.8 Å². The molecule has 2 aliphatic heterocycles. The molecule has 1 amide bonds. The molecule has 0 bridgehead atoms. The van der Waals surface area contributed by atoms with Crippen LogP contribution >= 0.6 is 15.9 Å². The number of carbonyl (C=O) groups is 1. The number of aromatic nitrogens is 1. The molecule has 0 saturated carbocycles. The molecule has 5 nitrogen and oxygen atoms in total. The highest BCUT2D eigenvalue weighted by molar-refractivity contribution is 9.10. The fourth-order valence-corrected chi connectivity index (χ4v) is 3.26. The summed E-state index contributed by atoms with van der Waals surface area (Å²) >= 11 is 3.39. The van der Waals surface area contributed by atoms with E-state index in [0.717, 1.165) is 17.3 Å². The van der Waals surface area contributed by atoms with Crippen LogP contribution in [-0.4, -0.2) is 47.5 Å². The van der Waals surface area contributed by atoms with Gasteiger partial charge in [0.15, 0.2) is 5.79 Å². The molecule has 0 unspecified atom stereocenters. The van der Waals surface area contributed by atoms with E-state index >= 15 is 0 Å². The van der Waals surface area contributed by atoms with Gasteiger partial charge in [0.25, 0.3) is 5.91 Å². The van der Waals surface area contributed by atoms with Gasteiger partial charge >= 0.3 is 0 Å². The molecule has 2 saturated heterocycles. The smallest absolute Gasteiger partial charge is 0.270 e. The van der Waals surface area contributed by atoms with E-state index in [-0.39, 0.29) is 5.91 Å². The molecular weight excluding hydrogens is 312 g/mol. The van der Waals surface area contributed by atoms with E-state index in [4.69, 9.17) is 9.47 Å². The van der Waals surface area contributed by atoms with Crippen molar-refractivity contribution in [1.82, 2.24) is 9.47 Å². The van der Waals surface area contributed by atoms with Gasteiger partial charge in [0, 0.05) is 43.6 Å². The van der Waals surface area contributed by atoms with Crippen LogP contribution in [0.25, 0.3) is 0 Å². The minimum absolute atomic E-state index is 0.0704. The normalized spacial score (nSPS) is 22.1. The van der Waals surface area contributed by atoms with Gasteiger partial charge < -0.3 is 18.9 Å². The predicted octanol–water partition coefficient (Wildman–Crippen LogP) is 1.77. The van der Waals surface area contributed by atoms with E-state index in [2.05, 4.69) is 15.9 Å². The van der Waals surface area contributed by atoms with E-state index in [0.29, 0.717) is 32.0 Å². The van der Waals surface area contributed by atoms with Crippen LogP contribution in [-0.2, 0) is 16.5 Å². The maximum atomic E-state index is 12.4. The second kappa shape index (κ2) is 4.92. The van der Waals surface area contributed by atoms with Crippen LogP contribution < -0.4 is 0 Å². The summed E-state index contributed by atoms with van der Waals surface area (Å²) in [5.41, 5.74) is 0.705. The van der Waals surface area contributed by atoms with Gasteiger partial charge in [-0.1, -0.05) is 0 Å². The third-order valence-corrected chi connectivity index (χ3v) is 4.25. The number of amides is 1. The Labute approximate surface area is 120 Å². The number of nitrogens with zero attached hydrogens (tertiary/aromatic N) is 2. The number of rotatable bonds is 1. The van der Waals surface area contributed by atoms with Crippen molar-refractivity contribution in [1.29, 1.82) is 0 Å². The minimum Gasteiger partial charge on any atom is -0.347 e. The second-order valence-electron chi connectivity index (χ2n) is 5.05. The first-order valence-electron chi connectivity index (χ1n) is 6.49. The Morgan fingerprint density at radius 2 is 1.95 bits per heavy atom. The number of aryl methyl sites for hydroxylation is 1. The van der Waals surface area contributed by atoms with Crippen LogP contribution in [0, 0.1) is 0 Å². The molecule has 0 N–H and O–H groups in total. The lowest BCUT2D eigenvalue weighted by atomic mass is 10.0. The monoisotopic (exact) mass is 328 g/mol. The van der Waals surface area contributed by atoms with Crippen LogP contribution in [0.3, 0.4) is 0 Å². The van der Waals surface area contributed by atoms with Gasteiger partial charge in [0.1, 0.15) is 5.69 Å². The quantitative estimate of drug-likeness (QED) is 0.789. The number of carbonyl (C=O) groups excluding carboxylic acids is 1. The van der Waals surface area contributed by atoms with Crippen LogP contribution in [0.2, 0.25) is 0 Å². The number of ether oxygens (including phenoxy) is 2. The van der Waals surface area contributed by atoms with E-state index < -0.39 is 5.79 Å². The Morgan fingerprint density at radius 1 is 1.32 bits per heavy atom. The zero-order valence-electron chi connectivity index (χ0n) is 10.9. The van der Waals surface area contributed by atoms with Crippen molar-refractivity contribution in [2.24, 2.45) is 7.05 Å². The Kier molecular flexibility index (Phi) is 3.41. The highest BCUT2D eigenvalue weighted by Gasteiger charge is 2.41. The Bertz CT molecular complexity index is 484. The van der Waals surface area contributed by atoms with Crippen LogP contribution in [0.1, 0.15) is 23.3 Å². The van der Waals surface area contributed by atoms with Crippen LogP contribution in [0.5, 0.6) is 0 Å². The first-order chi connectivity index (χ1) is 9.10. The van der Waals surface area contributed by atoms with Gasteiger partial charge in [0.05, 0.1) is 13.2 Å². The number of halogens is 1. The summed E-state index contributed by atoms with van der Waals surface area (Å²) in [7, 11) is 1.88. The molecule has 6 heteroatoms. The maximum Gasteiger partial charge on any atom is 0.270 e. The molecule has 0 radical (unpaired) electrons. The van der Waals surface area contributed by atoms with Gasteiger partial charge in [-0.3, -0.25) is 4.79 Å². The first-order valence-corrected chi connectivity index (χ1v) is 7.28. The summed E-state index contributed by atoms with van der Waals surface area (Å²) in [6.07, 6.45) is 3.40. The van der Waals surface area contributed by atoms with Gasteiger partial charge in [-0.25, -0.2) is 0 Å². The van der Waals surface area contributed by atoms with E-state index in [1.54, 1.807) is 0 Å². The molecule has 2 fully saturated rings. The molecular formula is C13H17BrN2O3. The van der Waals surface area contributed by atoms with Crippen molar-refractivity contribution in [3.8, 4) is 0 Å². The van der Waals surface area contributed by atoms with E-state index in [9.17, 15) is 4.79 Å². The lowest BCUT2D eigenvalue weighted by molar-refractivity contribution is -0.181. The average molecular weight is 329 g/mol. The number of piperidine rings is 1. The summed E-state index contributed by atoms with van der Waals surface area (Å²) in [5, 5.41) is 0. The van der Waals surface area contributed by atoms with Crippen molar-refractivity contribution in [3.63, 3.8) is 0 Å². The third kappa shape index (κ3) is 2.44. The summed E-state index contributed by atoms with van der Waals surface area (Å²) in [5.74, 6) is -0.355. The van der Waals surface area contributed by atoms with E-state index in [1.165, 1.54) is 0 Å². The van der Waals surface area contributed by atoms with Crippen molar-refractivity contribution in [2.45, 2.75) is 18.6 Å². The van der Waals surface area contributed by atoms with Crippen molar-refractivity contribution < 1.29 is 14.3 Å². The van der Waals surface area contributed by atoms with Crippen LogP contribution in [0.4, 0.5) is 0 Å². The zero-order valence-corrected chi connectivity index (χ0v) is 12.5. The summed E-state index contributed by atoms with van der Waals surface area (Å²) in [6.45, 7) is 2.70. The predicted molar refractivity (Wildman–Crippen MR) is 72.9 cm³/mol. The molecule has 3 rings (SSSR count). The van der Waals surface area contributed by atoms with Gasteiger partial charge in [-0.15, -0.1) is 0 Å². The number of likely N-dealkylation sites (tertiary alicyclic amines) is 1. The molecule has 0 atom stereocenters. The van der Waals surface area contributed by atoms with Crippen LogP contribution in [0.15, 0.2) is 16.7 Å². The first kappa shape index (κ1) is 13.1. The SMILES string of the molecule is Cn1cc(Br)cc1C(=O)N1CCC2(CC1)OCCO2. The highest BCUT2D eigenvalue weighted by atomic mass is 79.9. The molecule has 19 heavy (non-hydrogen) atoms. The van der Waals surface area contributed by atoms with Gasteiger partial charge in [-0.05, 0) is 22.0 Å². The molecule has 1 spiro atoms. The molecule has 0 aliphatic carbocycles. The largest absolute Gasteiger partial charge is 0.347 e. The molecule has 1 aromatic rings. The number of hydrogen-bond donors (Lipinski definition) is 0. The Hall–Kier alpha value is -0.850.